The predicted octanol–water partition coefficient (Wildman–Crippen LogP) is 5.78. The van der Waals surface area contributed by atoms with E-state index in [0.29, 0.717) is 24.1 Å². The molecule has 0 bridgehead atoms. The van der Waals surface area contributed by atoms with Gasteiger partial charge in [-0.05, 0) is 70.7 Å². The number of carbonyl (C=O) groups excluding carboxylic acids is 3. The molecule has 0 radical (unpaired) electrons. The molecule has 2 aromatic carbocycles. The van der Waals surface area contributed by atoms with Crippen LogP contribution in [-0.4, -0.2) is 46.5 Å². The van der Waals surface area contributed by atoms with Gasteiger partial charge in [-0.15, -0.1) is 6.42 Å². The largest absolute Gasteiger partial charge is 0.444 e. The number of benzene rings is 2. The van der Waals surface area contributed by atoms with Crippen molar-refractivity contribution < 1.29 is 19.1 Å². The summed E-state index contributed by atoms with van der Waals surface area (Å²) in [5.74, 6) is 1.94. The minimum atomic E-state index is -0.973. The number of rotatable bonds is 12. The summed E-state index contributed by atoms with van der Waals surface area (Å²) in [7, 11) is 0. The van der Waals surface area contributed by atoms with Crippen LogP contribution in [-0.2, 0) is 20.7 Å². The molecule has 0 fully saturated rings. The standard InChI is InChI=1S/C33H45N3O4/c1-9-12-22-34-29(37)28(26-20-18-24(10-2)19-21-26)36(33(7,8)11-3)30(38)27(23-25-16-14-13-15-17-25)35-31(39)40-32(4,5)6/h2,13-21,27-28H,9,11-12,22-23H2,1,3-8H3,(H,34,37)(H,35,39). The van der Waals surface area contributed by atoms with Crippen LogP contribution in [0.4, 0.5) is 4.79 Å². The Labute approximate surface area is 240 Å². The Morgan fingerprint density at radius 3 is 2.12 bits per heavy atom. The predicted molar refractivity (Wildman–Crippen MR) is 160 cm³/mol. The lowest BCUT2D eigenvalue weighted by Gasteiger charge is -2.44. The molecule has 40 heavy (non-hydrogen) atoms. The Kier molecular flexibility index (Phi) is 11.8. The quantitative estimate of drug-likeness (QED) is 0.261. The average Bonchev–Trinajstić information content (AvgIpc) is 2.90. The van der Waals surface area contributed by atoms with E-state index in [1.807, 2.05) is 51.1 Å². The van der Waals surface area contributed by atoms with Gasteiger partial charge < -0.3 is 20.3 Å². The number of ether oxygens (including phenoxy) is 1. The third-order valence-corrected chi connectivity index (χ3v) is 6.76. The maximum atomic E-state index is 14.6. The van der Waals surface area contributed by atoms with Crippen LogP contribution in [0.25, 0.3) is 0 Å². The Morgan fingerprint density at radius 1 is 0.975 bits per heavy atom. The summed E-state index contributed by atoms with van der Waals surface area (Å²) in [6, 6.07) is 14.7. The van der Waals surface area contributed by atoms with Gasteiger partial charge >= 0.3 is 6.09 Å². The minimum absolute atomic E-state index is 0.232. The van der Waals surface area contributed by atoms with Gasteiger partial charge in [-0.3, -0.25) is 9.59 Å². The van der Waals surface area contributed by atoms with Crippen molar-refractivity contribution in [2.24, 2.45) is 0 Å². The number of amides is 3. The molecule has 3 amide bonds. The zero-order valence-electron chi connectivity index (χ0n) is 25.0. The number of carbonyl (C=O) groups is 3. The molecule has 2 unspecified atom stereocenters. The van der Waals surface area contributed by atoms with Gasteiger partial charge in [0.1, 0.15) is 17.7 Å². The first-order valence-electron chi connectivity index (χ1n) is 14.0. The smallest absolute Gasteiger partial charge is 0.408 e. The summed E-state index contributed by atoms with van der Waals surface area (Å²) in [6.07, 6.45) is 7.42. The fraction of sp³-hybridized carbons (Fsp3) is 0.485. The summed E-state index contributed by atoms with van der Waals surface area (Å²) in [5, 5.41) is 5.82. The highest BCUT2D eigenvalue weighted by Crippen LogP contribution is 2.32. The lowest BCUT2D eigenvalue weighted by molar-refractivity contribution is -0.149. The maximum Gasteiger partial charge on any atom is 0.408 e. The topological polar surface area (TPSA) is 87.7 Å². The van der Waals surface area contributed by atoms with Crippen LogP contribution in [0.15, 0.2) is 54.6 Å². The maximum absolute atomic E-state index is 14.6. The van der Waals surface area contributed by atoms with Gasteiger partial charge in [-0.1, -0.05) is 68.7 Å². The lowest BCUT2D eigenvalue weighted by Crippen LogP contribution is -2.59. The third kappa shape index (κ3) is 9.44. The van der Waals surface area contributed by atoms with E-state index in [-0.39, 0.29) is 18.2 Å². The molecule has 7 nitrogen and oxygen atoms in total. The minimum Gasteiger partial charge on any atom is -0.444 e. The summed E-state index contributed by atoms with van der Waals surface area (Å²) in [5.41, 5.74) is 0.703. The van der Waals surface area contributed by atoms with Crippen LogP contribution >= 0.6 is 0 Å². The molecule has 0 saturated heterocycles. The molecule has 2 N–H and O–H groups in total. The fourth-order valence-electron chi connectivity index (χ4n) is 4.28. The van der Waals surface area contributed by atoms with Crippen molar-refractivity contribution in [1.82, 2.24) is 15.5 Å². The third-order valence-electron chi connectivity index (χ3n) is 6.76. The van der Waals surface area contributed by atoms with Crippen molar-refractivity contribution >= 4 is 17.9 Å². The molecule has 0 spiro atoms. The molecule has 0 aromatic heterocycles. The van der Waals surface area contributed by atoms with Gasteiger partial charge in [0.2, 0.25) is 11.8 Å². The number of terminal acetylenes is 1. The highest BCUT2D eigenvalue weighted by Gasteiger charge is 2.43. The normalized spacial score (nSPS) is 12.9. The Hall–Kier alpha value is -3.79. The van der Waals surface area contributed by atoms with Crippen LogP contribution in [0, 0.1) is 12.3 Å². The number of hydrogen-bond donors (Lipinski definition) is 2. The van der Waals surface area contributed by atoms with Gasteiger partial charge in [0.15, 0.2) is 0 Å². The lowest BCUT2D eigenvalue weighted by atomic mass is 9.91. The molecule has 2 atom stereocenters. The Balaban J connectivity index is 2.63. The van der Waals surface area contributed by atoms with Crippen molar-refractivity contribution in [1.29, 1.82) is 0 Å². The monoisotopic (exact) mass is 547 g/mol. The van der Waals surface area contributed by atoms with Gasteiger partial charge in [0.05, 0.1) is 0 Å². The molecular formula is C33H45N3O4. The second kappa shape index (κ2) is 14.6. The van der Waals surface area contributed by atoms with Crippen LogP contribution in [0.5, 0.6) is 0 Å². The zero-order chi connectivity index (χ0) is 29.9. The molecule has 0 heterocycles. The van der Waals surface area contributed by atoms with Gasteiger partial charge in [0, 0.05) is 24.1 Å². The summed E-state index contributed by atoms with van der Waals surface area (Å²) in [4.78, 5) is 42.9. The van der Waals surface area contributed by atoms with Crippen LogP contribution < -0.4 is 10.6 Å². The van der Waals surface area contributed by atoms with Crippen LogP contribution in [0.1, 0.15) is 90.5 Å². The summed E-state index contributed by atoms with van der Waals surface area (Å²) < 4.78 is 5.51. The number of nitrogens with zero attached hydrogens (tertiary/aromatic N) is 1. The molecular weight excluding hydrogens is 502 g/mol. The van der Waals surface area contributed by atoms with E-state index in [4.69, 9.17) is 11.2 Å². The van der Waals surface area contributed by atoms with Gasteiger partial charge in [-0.2, -0.15) is 0 Å². The molecule has 7 heteroatoms. The Bertz CT molecular complexity index is 1160. The van der Waals surface area contributed by atoms with Gasteiger partial charge in [-0.25, -0.2) is 4.79 Å². The number of alkyl carbamates (subject to hydrolysis) is 1. The van der Waals surface area contributed by atoms with E-state index in [2.05, 4.69) is 23.5 Å². The summed E-state index contributed by atoms with van der Waals surface area (Å²) in [6.45, 7) is 13.7. The van der Waals surface area contributed by atoms with Crippen molar-refractivity contribution in [3.05, 3.63) is 71.3 Å². The zero-order valence-corrected chi connectivity index (χ0v) is 25.0. The molecule has 2 rings (SSSR count). The van der Waals surface area contributed by atoms with Gasteiger partial charge in [0.25, 0.3) is 0 Å². The second-order valence-electron chi connectivity index (χ2n) is 11.6. The van der Waals surface area contributed by atoms with Crippen molar-refractivity contribution in [3.63, 3.8) is 0 Å². The fourth-order valence-corrected chi connectivity index (χ4v) is 4.28. The van der Waals surface area contributed by atoms with E-state index < -0.39 is 29.3 Å². The molecule has 0 aliphatic rings. The van der Waals surface area contributed by atoms with Crippen molar-refractivity contribution in [2.45, 2.75) is 97.4 Å². The number of hydrogen-bond acceptors (Lipinski definition) is 4. The second-order valence-corrected chi connectivity index (χ2v) is 11.6. The van der Waals surface area contributed by atoms with Crippen LogP contribution in [0.2, 0.25) is 0 Å². The van der Waals surface area contributed by atoms with Crippen molar-refractivity contribution in [2.75, 3.05) is 6.54 Å². The molecule has 2 aromatic rings. The Morgan fingerprint density at radius 2 is 1.60 bits per heavy atom. The first-order valence-corrected chi connectivity index (χ1v) is 14.0. The number of unbranched alkanes of at least 4 members (excludes halogenated alkanes) is 1. The first kappa shape index (κ1) is 32.4. The van der Waals surface area contributed by atoms with E-state index >= 15 is 0 Å². The van der Waals surface area contributed by atoms with Crippen LogP contribution in [0.3, 0.4) is 0 Å². The highest BCUT2D eigenvalue weighted by molar-refractivity contribution is 5.93. The van der Waals surface area contributed by atoms with E-state index in [1.54, 1.807) is 49.9 Å². The average molecular weight is 548 g/mol. The molecule has 0 saturated carbocycles. The molecule has 216 valence electrons. The first-order chi connectivity index (χ1) is 18.8. The van der Waals surface area contributed by atoms with E-state index in [0.717, 1.165) is 18.4 Å². The molecule has 0 aliphatic carbocycles. The van der Waals surface area contributed by atoms with E-state index in [1.165, 1.54) is 0 Å². The van der Waals surface area contributed by atoms with Crippen molar-refractivity contribution in [3.8, 4) is 12.3 Å². The summed E-state index contributed by atoms with van der Waals surface area (Å²) >= 11 is 0. The van der Waals surface area contributed by atoms with E-state index in [9.17, 15) is 14.4 Å². The number of nitrogens with one attached hydrogen (secondary N) is 2. The molecule has 0 aliphatic heterocycles. The highest BCUT2D eigenvalue weighted by atomic mass is 16.6. The SMILES string of the molecule is C#Cc1ccc(C(C(=O)NCCCC)N(C(=O)C(Cc2ccccc2)NC(=O)OC(C)(C)C)C(C)(C)CC)cc1.